The molecule has 1 atom stereocenters. The third-order valence-electron chi connectivity index (χ3n) is 3.18. The molecule has 1 aromatic carbocycles. The summed E-state index contributed by atoms with van der Waals surface area (Å²) < 4.78 is 10.5. The number of rotatable bonds is 7. The number of nitrogens with one attached hydrogen (secondary N) is 1. The second-order valence-corrected chi connectivity index (χ2v) is 4.68. The highest BCUT2D eigenvalue weighted by Crippen LogP contribution is 2.40. The van der Waals surface area contributed by atoms with E-state index in [1.807, 2.05) is 18.2 Å². The number of carboxylic acids is 1. The van der Waals surface area contributed by atoms with Gasteiger partial charge in [0.05, 0.1) is 6.54 Å². The van der Waals surface area contributed by atoms with Gasteiger partial charge < -0.3 is 19.9 Å². The number of aliphatic carboxylic acids is 1. The molecule has 1 aliphatic rings. The lowest BCUT2D eigenvalue weighted by molar-refractivity contribution is -0.148. The van der Waals surface area contributed by atoms with E-state index in [2.05, 4.69) is 5.32 Å². The zero-order chi connectivity index (χ0) is 14.6. The molecule has 0 bridgehead atoms. The number of para-hydroxylation sites is 1. The molecule has 2 rings (SSSR count). The number of hydrogen-bond acceptors (Lipinski definition) is 4. The molecule has 6 heteroatoms. The van der Waals surface area contributed by atoms with Crippen molar-refractivity contribution in [3.63, 3.8) is 0 Å². The zero-order valence-electron chi connectivity index (χ0n) is 11.2. The van der Waals surface area contributed by atoms with E-state index in [4.69, 9.17) is 14.6 Å². The van der Waals surface area contributed by atoms with Crippen LogP contribution in [0.1, 0.15) is 12.8 Å². The highest BCUT2D eigenvalue weighted by molar-refractivity contribution is 5.89. The Morgan fingerprint density at radius 3 is 2.50 bits per heavy atom. The number of carbonyl (C=O) groups is 2. The predicted molar refractivity (Wildman–Crippen MR) is 70.5 cm³/mol. The van der Waals surface area contributed by atoms with E-state index in [1.165, 1.54) is 7.11 Å². The Kier molecular flexibility index (Phi) is 4.24. The zero-order valence-corrected chi connectivity index (χ0v) is 11.2. The quantitative estimate of drug-likeness (QED) is 0.771. The normalized spacial score (nSPS) is 17.1. The molecule has 20 heavy (non-hydrogen) atoms. The maximum atomic E-state index is 12.1. The molecule has 1 aliphatic carbocycles. The van der Waals surface area contributed by atoms with Crippen molar-refractivity contribution >= 4 is 11.9 Å². The molecule has 1 fully saturated rings. The lowest BCUT2D eigenvalue weighted by atomic mass is 10.2. The number of amides is 1. The van der Waals surface area contributed by atoms with Crippen LogP contribution in [0.5, 0.6) is 5.75 Å². The van der Waals surface area contributed by atoms with Gasteiger partial charge in [0.15, 0.2) is 11.7 Å². The van der Waals surface area contributed by atoms with Crippen LogP contribution in [0.2, 0.25) is 0 Å². The SMILES string of the molecule is COC(CNC(=O)C1(Oc2ccccc2)CC1)C(=O)O. The maximum Gasteiger partial charge on any atom is 0.334 e. The second kappa shape index (κ2) is 5.92. The summed E-state index contributed by atoms with van der Waals surface area (Å²) in [6, 6.07) is 9.08. The van der Waals surface area contributed by atoms with Crippen LogP contribution in [0.25, 0.3) is 0 Å². The van der Waals surface area contributed by atoms with Gasteiger partial charge in [-0.15, -0.1) is 0 Å². The summed E-state index contributed by atoms with van der Waals surface area (Å²) in [7, 11) is 1.29. The molecule has 1 amide bonds. The van der Waals surface area contributed by atoms with Crippen molar-refractivity contribution in [1.29, 1.82) is 0 Å². The lowest BCUT2D eigenvalue weighted by Crippen LogP contribution is -2.45. The summed E-state index contributed by atoms with van der Waals surface area (Å²) >= 11 is 0. The molecule has 0 aliphatic heterocycles. The van der Waals surface area contributed by atoms with E-state index in [0.717, 1.165) is 0 Å². The van der Waals surface area contributed by atoms with Crippen molar-refractivity contribution in [1.82, 2.24) is 5.32 Å². The van der Waals surface area contributed by atoms with Crippen molar-refractivity contribution in [2.24, 2.45) is 0 Å². The standard InChI is InChI=1S/C14H17NO5/c1-19-11(12(16)17)9-15-13(18)14(7-8-14)20-10-5-3-2-4-6-10/h2-6,11H,7-9H2,1H3,(H,15,18)(H,16,17). The molecule has 0 spiro atoms. The van der Waals surface area contributed by atoms with Crippen LogP contribution in [0.3, 0.4) is 0 Å². The smallest absolute Gasteiger partial charge is 0.334 e. The van der Waals surface area contributed by atoms with Gasteiger partial charge in [0.2, 0.25) is 0 Å². The monoisotopic (exact) mass is 279 g/mol. The summed E-state index contributed by atoms with van der Waals surface area (Å²) in [5.41, 5.74) is -0.863. The molecular weight excluding hydrogens is 262 g/mol. The molecule has 1 unspecified atom stereocenters. The molecule has 108 valence electrons. The first-order valence-electron chi connectivity index (χ1n) is 6.35. The molecule has 0 aromatic heterocycles. The first-order valence-corrected chi connectivity index (χ1v) is 6.35. The number of ether oxygens (including phenoxy) is 2. The van der Waals surface area contributed by atoms with Gasteiger partial charge in [-0.25, -0.2) is 4.79 Å². The van der Waals surface area contributed by atoms with E-state index >= 15 is 0 Å². The molecular formula is C14H17NO5. The molecule has 0 saturated heterocycles. The Labute approximate surface area is 116 Å². The van der Waals surface area contributed by atoms with Crippen LogP contribution in [0, 0.1) is 0 Å². The van der Waals surface area contributed by atoms with Crippen LogP contribution in [0.4, 0.5) is 0 Å². The van der Waals surface area contributed by atoms with Gasteiger partial charge in [-0.3, -0.25) is 4.79 Å². The van der Waals surface area contributed by atoms with Crippen LogP contribution >= 0.6 is 0 Å². The largest absolute Gasteiger partial charge is 0.479 e. The second-order valence-electron chi connectivity index (χ2n) is 4.68. The van der Waals surface area contributed by atoms with Gasteiger partial charge in [-0.1, -0.05) is 18.2 Å². The number of benzene rings is 1. The first-order chi connectivity index (χ1) is 9.57. The fourth-order valence-electron chi connectivity index (χ4n) is 1.82. The fraction of sp³-hybridized carbons (Fsp3) is 0.429. The summed E-state index contributed by atoms with van der Waals surface area (Å²) in [4.78, 5) is 22.9. The van der Waals surface area contributed by atoms with E-state index in [0.29, 0.717) is 18.6 Å². The topological polar surface area (TPSA) is 84.9 Å². The lowest BCUT2D eigenvalue weighted by Gasteiger charge is -2.19. The van der Waals surface area contributed by atoms with Gasteiger partial charge in [0.25, 0.3) is 5.91 Å². The minimum absolute atomic E-state index is 0.0788. The third kappa shape index (κ3) is 3.27. The number of hydrogen-bond donors (Lipinski definition) is 2. The summed E-state index contributed by atoms with van der Waals surface area (Å²) in [5.74, 6) is -0.784. The summed E-state index contributed by atoms with van der Waals surface area (Å²) in [6.45, 7) is -0.0788. The Hall–Kier alpha value is -2.08. The van der Waals surface area contributed by atoms with Crippen molar-refractivity contribution < 1.29 is 24.2 Å². The average molecular weight is 279 g/mol. The molecule has 1 aromatic rings. The molecule has 2 N–H and O–H groups in total. The van der Waals surface area contributed by atoms with Crippen molar-refractivity contribution in [3.8, 4) is 5.75 Å². The molecule has 6 nitrogen and oxygen atoms in total. The van der Waals surface area contributed by atoms with Crippen molar-refractivity contribution in [2.75, 3.05) is 13.7 Å². The molecule has 0 radical (unpaired) electrons. The molecule has 0 heterocycles. The summed E-state index contributed by atoms with van der Waals surface area (Å²) in [5, 5.41) is 11.4. The third-order valence-corrected chi connectivity index (χ3v) is 3.18. The fourth-order valence-corrected chi connectivity index (χ4v) is 1.82. The van der Waals surface area contributed by atoms with Gasteiger partial charge in [-0.2, -0.15) is 0 Å². The van der Waals surface area contributed by atoms with Crippen LogP contribution < -0.4 is 10.1 Å². The van der Waals surface area contributed by atoms with Crippen LogP contribution in [-0.4, -0.2) is 42.3 Å². The van der Waals surface area contributed by atoms with E-state index in [9.17, 15) is 9.59 Å². The number of carbonyl (C=O) groups excluding carboxylic acids is 1. The Morgan fingerprint density at radius 2 is 2.00 bits per heavy atom. The van der Waals surface area contributed by atoms with E-state index < -0.39 is 17.7 Å². The van der Waals surface area contributed by atoms with E-state index in [1.54, 1.807) is 12.1 Å². The Bertz CT molecular complexity index is 484. The van der Waals surface area contributed by atoms with Crippen LogP contribution in [-0.2, 0) is 14.3 Å². The minimum atomic E-state index is -1.11. The van der Waals surface area contributed by atoms with Gasteiger partial charge in [0.1, 0.15) is 5.75 Å². The van der Waals surface area contributed by atoms with Crippen molar-refractivity contribution in [3.05, 3.63) is 30.3 Å². The van der Waals surface area contributed by atoms with Crippen LogP contribution in [0.15, 0.2) is 30.3 Å². The predicted octanol–water partition coefficient (Wildman–Crippen LogP) is 0.814. The Morgan fingerprint density at radius 1 is 1.35 bits per heavy atom. The summed E-state index contributed by atoms with van der Waals surface area (Å²) in [6.07, 6.45) is 0.197. The van der Waals surface area contributed by atoms with Gasteiger partial charge in [-0.05, 0) is 12.1 Å². The van der Waals surface area contributed by atoms with Gasteiger partial charge in [0, 0.05) is 20.0 Å². The van der Waals surface area contributed by atoms with E-state index in [-0.39, 0.29) is 12.5 Å². The Balaban J connectivity index is 1.90. The molecule has 1 saturated carbocycles. The van der Waals surface area contributed by atoms with Crippen molar-refractivity contribution in [2.45, 2.75) is 24.5 Å². The van der Waals surface area contributed by atoms with Gasteiger partial charge >= 0.3 is 5.97 Å². The average Bonchev–Trinajstić information content (AvgIpc) is 3.21. The number of methoxy groups -OCH3 is 1. The highest BCUT2D eigenvalue weighted by atomic mass is 16.5. The number of carboxylic acid groups (broad SMARTS) is 1. The maximum absolute atomic E-state index is 12.1. The highest BCUT2D eigenvalue weighted by Gasteiger charge is 2.53. The minimum Gasteiger partial charge on any atom is -0.479 e. The first kappa shape index (κ1) is 14.3.